The molecular formula is C14H14BrFN2O. The van der Waals surface area contributed by atoms with E-state index in [-0.39, 0.29) is 11.7 Å². The van der Waals surface area contributed by atoms with Crippen LogP contribution in [0.3, 0.4) is 0 Å². The number of nitrogens with zero attached hydrogens (tertiary/aromatic N) is 1. The maximum absolute atomic E-state index is 12.7. The first kappa shape index (κ1) is 13.8. The van der Waals surface area contributed by atoms with E-state index in [0.29, 0.717) is 18.7 Å². The molecular weight excluding hydrogens is 311 g/mol. The van der Waals surface area contributed by atoms with Gasteiger partial charge in [0.25, 0.3) is 5.91 Å². The average molecular weight is 325 g/mol. The van der Waals surface area contributed by atoms with Crippen molar-refractivity contribution in [3.05, 3.63) is 58.1 Å². The van der Waals surface area contributed by atoms with Crippen LogP contribution in [0, 0.1) is 5.82 Å². The van der Waals surface area contributed by atoms with Crippen LogP contribution < -0.4 is 5.32 Å². The molecule has 0 spiro atoms. The number of rotatable bonds is 4. The van der Waals surface area contributed by atoms with Gasteiger partial charge >= 0.3 is 0 Å². The Morgan fingerprint density at radius 2 is 2.05 bits per heavy atom. The van der Waals surface area contributed by atoms with E-state index >= 15 is 0 Å². The number of carbonyl (C=O) groups excluding carboxylic acids is 1. The van der Waals surface area contributed by atoms with Crippen molar-refractivity contribution in [3.63, 3.8) is 0 Å². The van der Waals surface area contributed by atoms with E-state index in [1.165, 1.54) is 12.1 Å². The second-order valence-electron chi connectivity index (χ2n) is 4.29. The van der Waals surface area contributed by atoms with Crippen molar-refractivity contribution in [2.24, 2.45) is 7.05 Å². The van der Waals surface area contributed by atoms with Crippen molar-refractivity contribution in [2.45, 2.75) is 6.42 Å². The molecule has 2 aromatic rings. The standard InChI is InChI=1S/C14H14BrFN2O/c1-18-9-11(15)8-13(18)14(19)17-7-6-10-2-4-12(16)5-3-10/h2-5,8-9H,6-7H2,1H3,(H,17,19). The summed E-state index contributed by atoms with van der Waals surface area (Å²) in [7, 11) is 1.82. The Balaban J connectivity index is 1.87. The quantitative estimate of drug-likeness (QED) is 0.921. The molecule has 3 nitrogen and oxygen atoms in total. The zero-order chi connectivity index (χ0) is 13.8. The number of aromatic nitrogens is 1. The van der Waals surface area contributed by atoms with Gasteiger partial charge in [0.2, 0.25) is 0 Å². The van der Waals surface area contributed by atoms with E-state index in [4.69, 9.17) is 0 Å². The van der Waals surface area contributed by atoms with Crippen LogP contribution in [-0.2, 0) is 13.5 Å². The Morgan fingerprint density at radius 1 is 1.37 bits per heavy atom. The summed E-state index contributed by atoms with van der Waals surface area (Å²) in [5.74, 6) is -0.364. The lowest BCUT2D eigenvalue weighted by Crippen LogP contribution is -2.27. The molecule has 0 saturated heterocycles. The van der Waals surface area contributed by atoms with Gasteiger partial charge in [-0.05, 0) is 46.1 Å². The monoisotopic (exact) mass is 324 g/mol. The van der Waals surface area contributed by atoms with Gasteiger partial charge in [-0.15, -0.1) is 0 Å². The third kappa shape index (κ3) is 3.67. The molecule has 1 amide bonds. The van der Waals surface area contributed by atoms with Gasteiger partial charge in [0.15, 0.2) is 0 Å². The van der Waals surface area contributed by atoms with Crippen molar-refractivity contribution in [3.8, 4) is 0 Å². The Kier molecular flexibility index (Phi) is 4.37. The largest absolute Gasteiger partial charge is 0.350 e. The van der Waals surface area contributed by atoms with Crippen molar-refractivity contribution in [1.82, 2.24) is 9.88 Å². The third-order valence-electron chi connectivity index (χ3n) is 2.82. The second-order valence-corrected chi connectivity index (χ2v) is 5.20. The fourth-order valence-corrected chi connectivity index (χ4v) is 2.34. The number of hydrogen-bond donors (Lipinski definition) is 1. The minimum Gasteiger partial charge on any atom is -0.350 e. The topological polar surface area (TPSA) is 34.0 Å². The molecule has 1 N–H and O–H groups in total. The lowest BCUT2D eigenvalue weighted by atomic mass is 10.1. The van der Waals surface area contributed by atoms with Gasteiger partial charge in [-0.25, -0.2) is 4.39 Å². The van der Waals surface area contributed by atoms with E-state index in [1.807, 2.05) is 13.2 Å². The van der Waals surface area contributed by atoms with Crippen LogP contribution in [0.15, 0.2) is 41.0 Å². The van der Waals surface area contributed by atoms with Crippen molar-refractivity contribution < 1.29 is 9.18 Å². The molecule has 0 aliphatic heterocycles. The lowest BCUT2D eigenvalue weighted by molar-refractivity contribution is 0.0946. The van der Waals surface area contributed by atoms with Gasteiger partial charge < -0.3 is 9.88 Å². The highest BCUT2D eigenvalue weighted by Gasteiger charge is 2.10. The average Bonchev–Trinajstić information content (AvgIpc) is 2.71. The van der Waals surface area contributed by atoms with E-state index in [9.17, 15) is 9.18 Å². The third-order valence-corrected chi connectivity index (χ3v) is 3.25. The summed E-state index contributed by atoms with van der Waals surface area (Å²) in [6.07, 6.45) is 2.51. The Bertz CT molecular complexity index is 578. The molecule has 100 valence electrons. The molecule has 1 aromatic heterocycles. The van der Waals surface area contributed by atoms with Gasteiger partial charge in [0, 0.05) is 24.3 Å². The van der Waals surface area contributed by atoms with Crippen LogP contribution >= 0.6 is 15.9 Å². The van der Waals surface area contributed by atoms with Crippen LogP contribution in [0.25, 0.3) is 0 Å². The van der Waals surface area contributed by atoms with Gasteiger partial charge in [-0.1, -0.05) is 12.1 Å². The normalized spacial score (nSPS) is 10.5. The fourth-order valence-electron chi connectivity index (χ4n) is 1.81. The van der Waals surface area contributed by atoms with Gasteiger partial charge in [-0.2, -0.15) is 0 Å². The van der Waals surface area contributed by atoms with E-state index < -0.39 is 0 Å². The number of carbonyl (C=O) groups is 1. The Morgan fingerprint density at radius 3 is 2.63 bits per heavy atom. The summed E-state index contributed by atoms with van der Waals surface area (Å²) in [6, 6.07) is 8.06. The summed E-state index contributed by atoms with van der Waals surface area (Å²) in [6.45, 7) is 0.521. The van der Waals surface area contributed by atoms with Gasteiger partial charge in [-0.3, -0.25) is 4.79 Å². The molecule has 0 atom stereocenters. The molecule has 0 radical (unpaired) electrons. The molecule has 5 heteroatoms. The smallest absolute Gasteiger partial charge is 0.267 e. The molecule has 0 fully saturated rings. The molecule has 0 unspecified atom stereocenters. The fraction of sp³-hybridized carbons (Fsp3) is 0.214. The molecule has 0 saturated carbocycles. The van der Waals surface area contributed by atoms with Crippen LogP contribution in [0.1, 0.15) is 16.1 Å². The van der Waals surface area contributed by atoms with Crippen LogP contribution in [-0.4, -0.2) is 17.0 Å². The SMILES string of the molecule is Cn1cc(Br)cc1C(=O)NCCc1ccc(F)cc1. The van der Waals surface area contributed by atoms with Crippen molar-refractivity contribution >= 4 is 21.8 Å². The highest BCUT2D eigenvalue weighted by atomic mass is 79.9. The zero-order valence-corrected chi connectivity index (χ0v) is 12.1. The maximum Gasteiger partial charge on any atom is 0.267 e. The number of nitrogens with one attached hydrogen (secondary N) is 1. The van der Waals surface area contributed by atoms with Gasteiger partial charge in [0.1, 0.15) is 11.5 Å². The Hall–Kier alpha value is -1.62. The van der Waals surface area contributed by atoms with E-state index in [2.05, 4.69) is 21.2 Å². The molecule has 2 rings (SSSR count). The first-order valence-corrected chi connectivity index (χ1v) is 6.70. The Labute approximate surface area is 119 Å². The summed E-state index contributed by atoms with van der Waals surface area (Å²) in [5, 5.41) is 2.84. The number of benzene rings is 1. The number of halogens is 2. The summed E-state index contributed by atoms with van der Waals surface area (Å²) < 4.78 is 15.4. The van der Waals surface area contributed by atoms with Crippen LogP contribution in [0.5, 0.6) is 0 Å². The summed E-state index contributed by atoms with van der Waals surface area (Å²) >= 11 is 3.33. The minimum absolute atomic E-state index is 0.115. The molecule has 19 heavy (non-hydrogen) atoms. The van der Waals surface area contributed by atoms with Crippen LogP contribution in [0.4, 0.5) is 4.39 Å². The van der Waals surface area contributed by atoms with E-state index in [1.54, 1.807) is 22.8 Å². The molecule has 0 aliphatic carbocycles. The molecule has 1 heterocycles. The molecule has 1 aromatic carbocycles. The van der Waals surface area contributed by atoms with Crippen molar-refractivity contribution in [1.29, 1.82) is 0 Å². The summed E-state index contributed by atoms with van der Waals surface area (Å²) in [4.78, 5) is 11.9. The predicted molar refractivity (Wildman–Crippen MR) is 75.6 cm³/mol. The van der Waals surface area contributed by atoms with Crippen molar-refractivity contribution in [2.75, 3.05) is 6.54 Å². The second kappa shape index (κ2) is 6.02. The number of hydrogen-bond acceptors (Lipinski definition) is 1. The zero-order valence-electron chi connectivity index (χ0n) is 10.5. The van der Waals surface area contributed by atoms with Gasteiger partial charge in [0.05, 0.1) is 0 Å². The van der Waals surface area contributed by atoms with Crippen LogP contribution in [0.2, 0.25) is 0 Å². The predicted octanol–water partition coefficient (Wildman–Crippen LogP) is 2.90. The lowest BCUT2D eigenvalue weighted by Gasteiger charge is -2.06. The van der Waals surface area contributed by atoms with E-state index in [0.717, 1.165) is 10.0 Å². The first-order chi connectivity index (χ1) is 9.06. The molecule has 0 bridgehead atoms. The number of amides is 1. The highest BCUT2D eigenvalue weighted by Crippen LogP contribution is 2.13. The maximum atomic E-state index is 12.7. The number of aryl methyl sites for hydroxylation is 1. The first-order valence-electron chi connectivity index (χ1n) is 5.91. The molecule has 0 aliphatic rings. The minimum atomic E-state index is -0.249. The highest BCUT2D eigenvalue weighted by molar-refractivity contribution is 9.10. The summed E-state index contributed by atoms with van der Waals surface area (Å²) in [5.41, 5.74) is 1.60.